The number of hydrogen-bond donors (Lipinski definition) is 1. The number of furan rings is 1. The molecule has 4 rings (SSSR count). The number of aromatic nitrogens is 1. The zero-order valence-corrected chi connectivity index (χ0v) is 17.7. The van der Waals surface area contributed by atoms with E-state index < -0.39 is 11.3 Å². The standard InChI is InChI=1S/C22H19BrN2O4/c1-11-16(10-24)21(27)25(14-5-3-4-6-14)22(28)18(11)19(26)20-12(2)15-8-7-13(23)9-17(15)29-20/h7-9,14,28H,3-6H2,1-2H3. The maximum absolute atomic E-state index is 13.4. The third kappa shape index (κ3) is 2.99. The second-order valence-electron chi connectivity index (χ2n) is 7.45. The van der Waals surface area contributed by atoms with Crippen molar-refractivity contribution in [3.05, 3.63) is 61.0 Å². The summed E-state index contributed by atoms with van der Waals surface area (Å²) in [5.74, 6) is -0.825. The summed E-state index contributed by atoms with van der Waals surface area (Å²) in [7, 11) is 0. The molecule has 3 aromatic rings. The second-order valence-corrected chi connectivity index (χ2v) is 8.37. The predicted octanol–water partition coefficient (Wildman–Crippen LogP) is 4.90. The van der Waals surface area contributed by atoms with E-state index in [1.54, 1.807) is 13.0 Å². The van der Waals surface area contributed by atoms with Crippen LogP contribution in [-0.2, 0) is 0 Å². The van der Waals surface area contributed by atoms with Gasteiger partial charge in [-0.1, -0.05) is 28.8 Å². The minimum atomic E-state index is -0.545. The van der Waals surface area contributed by atoms with Crippen LogP contribution >= 0.6 is 15.9 Å². The number of pyridine rings is 1. The molecule has 1 N–H and O–H groups in total. The molecular formula is C22H19BrN2O4. The summed E-state index contributed by atoms with van der Waals surface area (Å²) in [5.41, 5.74) is 0.658. The largest absolute Gasteiger partial charge is 0.494 e. The van der Waals surface area contributed by atoms with Crippen molar-refractivity contribution in [2.45, 2.75) is 45.6 Å². The molecule has 2 aromatic heterocycles. The molecular weight excluding hydrogens is 436 g/mol. The first-order chi connectivity index (χ1) is 13.8. The fraction of sp³-hybridized carbons (Fsp3) is 0.318. The average Bonchev–Trinajstić information content (AvgIpc) is 3.30. The first-order valence-corrected chi connectivity index (χ1v) is 10.3. The number of aromatic hydroxyl groups is 1. The number of carbonyl (C=O) groups is 1. The first-order valence-electron chi connectivity index (χ1n) is 9.46. The highest BCUT2D eigenvalue weighted by Crippen LogP contribution is 2.36. The SMILES string of the molecule is Cc1c(C(=O)c2oc3cc(Br)ccc3c2C)c(O)n(C2CCCC2)c(=O)c1C#N. The third-order valence-corrected chi connectivity index (χ3v) is 6.26. The Morgan fingerprint density at radius 2 is 1.97 bits per heavy atom. The van der Waals surface area contributed by atoms with Crippen molar-refractivity contribution in [2.75, 3.05) is 0 Å². The number of halogens is 1. The van der Waals surface area contributed by atoms with Crippen molar-refractivity contribution in [2.24, 2.45) is 0 Å². The highest BCUT2D eigenvalue weighted by molar-refractivity contribution is 9.10. The maximum atomic E-state index is 13.4. The number of nitriles is 1. The Morgan fingerprint density at radius 3 is 2.62 bits per heavy atom. The Labute approximate surface area is 175 Å². The molecule has 6 nitrogen and oxygen atoms in total. The topological polar surface area (TPSA) is 96.2 Å². The number of hydrogen-bond acceptors (Lipinski definition) is 5. The second kappa shape index (κ2) is 7.20. The Hall–Kier alpha value is -2.85. The average molecular weight is 455 g/mol. The Kier molecular flexibility index (Phi) is 4.83. The Bertz CT molecular complexity index is 1260. The first kappa shape index (κ1) is 19.5. The molecule has 0 atom stereocenters. The van der Waals surface area contributed by atoms with Crippen LogP contribution in [-0.4, -0.2) is 15.5 Å². The number of benzene rings is 1. The molecule has 0 amide bonds. The molecule has 0 unspecified atom stereocenters. The van der Waals surface area contributed by atoms with Gasteiger partial charge in [0.2, 0.25) is 11.7 Å². The van der Waals surface area contributed by atoms with Gasteiger partial charge in [0, 0.05) is 21.5 Å². The summed E-state index contributed by atoms with van der Waals surface area (Å²) >= 11 is 3.39. The third-order valence-electron chi connectivity index (χ3n) is 5.77. The molecule has 148 valence electrons. The van der Waals surface area contributed by atoms with Gasteiger partial charge in [-0.05, 0) is 50.5 Å². The van der Waals surface area contributed by atoms with Crippen LogP contribution in [0.4, 0.5) is 0 Å². The lowest BCUT2D eigenvalue weighted by atomic mass is 9.98. The van der Waals surface area contributed by atoms with E-state index in [1.165, 1.54) is 11.5 Å². The van der Waals surface area contributed by atoms with E-state index in [-0.39, 0.29) is 34.4 Å². The van der Waals surface area contributed by atoms with Crippen LogP contribution in [0.15, 0.2) is 31.9 Å². The van der Waals surface area contributed by atoms with Gasteiger partial charge >= 0.3 is 0 Å². The van der Waals surface area contributed by atoms with Gasteiger partial charge < -0.3 is 9.52 Å². The summed E-state index contributed by atoms with van der Waals surface area (Å²) in [5, 5.41) is 21.3. The molecule has 1 aliphatic rings. The van der Waals surface area contributed by atoms with E-state index >= 15 is 0 Å². The maximum Gasteiger partial charge on any atom is 0.271 e. The molecule has 7 heteroatoms. The molecule has 1 aliphatic carbocycles. The van der Waals surface area contributed by atoms with Crippen molar-refractivity contribution in [3.8, 4) is 11.9 Å². The monoisotopic (exact) mass is 454 g/mol. The number of ketones is 1. The number of fused-ring (bicyclic) bond motifs is 1. The van der Waals surface area contributed by atoms with E-state index in [2.05, 4.69) is 15.9 Å². The number of nitrogens with zero attached hydrogens (tertiary/aromatic N) is 2. The van der Waals surface area contributed by atoms with Crippen molar-refractivity contribution >= 4 is 32.7 Å². The summed E-state index contributed by atoms with van der Waals surface area (Å²) in [6.45, 7) is 3.29. The number of aryl methyl sites for hydroxylation is 1. The molecule has 29 heavy (non-hydrogen) atoms. The minimum absolute atomic E-state index is 0.0470. The van der Waals surface area contributed by atoms with E-state index in [9.17, 15) is 20.0 Å². The van der Waals surface area contributed by atoms with Crippen LogP contribution in [0, 0.1) is 25.2 Å². The molecule has 0 aliphatic heterocycles. The minimum Gasteiger partial charge on any atom is -0.494 e. The normalized spacial score (nSPS) is 14.4. The highest BCUT2D eigenvalue weighted by Gasteiger charge is 2.31. The van der Waals surface area contributed by atoms with Crippen LogP contribution in [0.3, 0.4) is 0 Å². The van der Waals surface area contributed by atoms with Crippen molar-refractivity contribution in [1.82, 2.24) is 4.57 Å². The van der Waals surface area contributed by atoms with E-state index in [1.807, 2.05) is 18.2 Å². The lowest BCUT2D eigenvalue weighted by molar-refractivity contribution is 0.100. The molecule has 0 saturated heterocycles. The van der Waals surface area contributed by atoms with Gasteiger partial charge in [-0.25, -0.2) is 0 Å². The van der Waals surface area contributed by atoms with Crippen LogP contribution in [0.1, 0.15) is 64.5 Å². The lowest BCUT2D eigenvalue weighted by Gasteiger charge is -2.19. The Morgan fingerprint density at radius 1 is 1.28 bits per heavy atom. The van der Waals surface area contributed by atoms with E-state index in [0.29, 0.717) is 11.1 Å². The number of carbonyl (C=O) groups excluding carboxylic acids is 1. The molecule has 1 aromatic carbocycles. The van der Waals surface area contributed by atoms with Crippen LogP contribution < -0.4 is 5.56 Å². The molecule has 2 heterocycles. The van der Waals surface area contributed by atoms with E-state index in [0.717, 1.165) is 35.5 Å². The highest BCUT2D eigenvalue weighted by atomic mass is 79.9. The van der Waals surface area contributed by atoms with Crippen molar-refractivity contribution in [3.63, 3.8) is 0 Å². The number of rotatable bonds is 3. The quantitative estimate of drug-likeness (QED) is 0.567. The summed E-state index contributed by atoms with van der Waals surface area (Å²) < 4.78 is 7.85. The lowest BCUT2D eigenvalue weighted by Crippen LogP contribution is -2.29. The molecule has 0 spiro atoms. The molecule has 1 saturated carbocycles. The summed E-state index contributed by atoms with van der Waals surface area (Å²) in [6, 6.07) is 7.18. The van der Waals surface area contributed by atoms with Gasteiger partial charge in [0.05, 0.1) is 5.56 Å². The fourth-order valence-corrected chi connectivity index (χ4v) is 4.56. The van der Waals surface area contributed by atoms with E-state index in [4.69, 9.17) is 4.42 Å². The smallest absolute Gasteiger partial charge is 0.271 e. The van der Waals surface area contributed by atoms with Crippen LogP contribution in [0.5, 0.6) is 5.88 Å². The fourth-order valence-electron chi connectivity index (χ4n) is 4.22. The summed E-state index contributed by atoms with van der Waals surface area (Å²) in [4.78, 5) is 26.2. The van der Waals surface area contributed by atoms with Gasteiger partial charge in [0.15, 0.2) is 5.76 Å². The van der Waals surface area contributed by atoms with Crippen LogP contribution in [0.2, 0.25) is 0 Å². The molecule has 1 fully saturated rings. The van der Waals surface area contributed by atoms with Gasteiger partial charge in [-0.2, -0.15) is 5.26 Å². The zero-order chi connectivity index (χ0) is 20.9. The van der Waals surface area contributed by atoms with Crippen LogP contribution in [0.25, 0.3) is 11.0 Å². The van der Waals surface area contributed by atoms with Gasteiger partial charge in [0.25, 0.3) is 5.56 Å². The Balaban J connectivity index is 1.96. The van der Waals surface area contributed by atoms with Gasteiger partial charge in [0.1, 0.15) is 17.2 Å². The predicted molar refractivity (Wildman–Crippen MR) is 111 cm³/mol. The zero-order valence-electron chi connectivity index (χ0n) is 16.1. The van der Waals surface area contributed by atoms with Crippen molar-refractivity contribution < 1.29 is 14.3 Å². The molecule has 0 bridgehead atoms. The van der Waals surface area contributed by atoms with Crippen molar-refractivity contribution in [1.29, 1.82) is 5.26 Å². The van der Waals surface area contributed by atoms with Gasteiger partial charge in [-0.15, -0.1) is 0 Å². The molecule has 0 radical (unpaired) electrons. The van der Waals surface area contributed by atoms with Gasteiger partial charge in [-0.3, -0.25) is 14.2 Å². The summed E-state index contributed by atoms with van der Waals surface area (Å²) in [6.07, 6.45) is 3.33.